The van der Waals surface area contributed by atoms with Crippen LogP contribution in [0.1, 0.15) is 225 Å². The smallest absolute Gasteiger partial charge is 0.150 e. The highest BCUT2D eigenvalue weighted by Gasteiger charge is 2.15. The fourth-order valence-corrected chi connectivity index (χ4v) is 8.01. The lowest BCUT2D eigenvalue weighted by molar-refractivity contribution is 0.511. The zero-order valence-corrected chi connectivity index (χ0v) is 31.4. The molecule has 254 valence electrons. The minimum atomic E-state index is -1.31. The average molecular weight is 629 g/mol. The van der Waals surface area contributed by atoms with Gasteiger partial charge in [-0.2, -0.15) is 11.1 Å². The highest BCUT2D eigenvalue weighted by molar-refractivity contribution is 7.19. The zero-order chi connectivity index (χ0) is 30.7. The molecular formula is C39H82ClNSi. The van der Waals surface area contributed by atoms with Crippen molar-refractivity contribution in [2.24, 2.45) is 5.73 Å². The van der Waals surface area contributed by atoms with Gasteiger partial charge in [0, 0.05) is 0 Å². The Bertz CT molecular complexity index is 477. The van der Waals surface area contributed by atoms with Crippen LogP contribution in [0, 0.1) is 0 Å². The van der Waals surface area contributed by atoms with Crippen LogP contribution < -0.4 is 5.73 Å². The average Bonchev–Trinajstić information content (AvgIpc) is 2.96. The Hall–Kier alpha value is 0.467. The van der Waals surface area contributed by atoms with Gasteiger partial charge in [-0.05, 0) is 19.0 Å². The van der Waals surface area contributed by atoms with Crippen molar-refractivity contribution in [2.45, 2.75) is 244 Å². The molecule has 2 N–H and O–H groups in total. The Morgan fingerprint density at radius 2 is 0.429 bits per heavy atom. The van der Waals surface area contributed by atoms with Gasteiger partial charge in [-0.1, -0.05) is 231 Å². The van der Waals surface area contributed by atoms with E-state index in [1.165, 1.54) is 231 Å². The zero-order valence-electron chi connectivity index (χ0n) is 29.6. The lowest BCUT2D eigenvalue weighted by Crippen LogP contribution is -2.14. The van der Waals surface area contributed by atoms with Crippen molar-refractivity contribution in [1.82, 2.24) is 0 Å². The highest BCUT2D eigenvalue weighted by Crippen LogP contribution is 2.20. The van der Waals surface area contributed by atoms with Crippen LogP contribution in [-0.4, -0.2) is 13.9 Å². The number of hydrogen-bond donors (Lipinski definition) is 1. The maximum atomic E-state index is 6.40. The number of nitrogens with two attached hydrogens (primary N) is 1. The van der Waals surface area contributed by atoms with Crippen molar-refractivity contribution in [1.29, 1.82) is 0 Å². The van der Waals surface area contributed by atoms with Crippen molar-refractivity contribution in [3.63, 3.8) is 0 Å². The number of rotatable bonds is 37. The summed E-state index contributed by atoms with van der Waals surface area (Å²) in [4.78, 5) is 0. The first-order valence-corrected chi connectivity index (χ1v) is 24.2. The van der Waals surface area contributed by atoms with E-state index in [1.807, 2.05) is 0 Å². The predicted molar refractivity (Wildman–Crippen MR) is 199 cm³/mol. The van der Waals surface area contributed by atoms with E-state index in [1.54, 1.807) is 0 Å². The first kappa shape index (κ1) is 42.5. The number of halogens is 1. The minimum absolute atomic E-state index is 0.873. The summed E-state index contributed by atoms with van der Waals surface area (Å²) in [5, 5.41) is 0. The second-order valence-corrected chi connectivity index (χ2v) is 21.6. The van der Waals surface area contributed by atoms with Gasteiger partial charge in [0.25, 0.3) is 0 Å². The van der Waals surface area contributed by atoms with Crippen LogP contribution in [0.15, 0.2) is 0 Å². The molecule has 0 aromatic heterocycles. The molecule has 3 heteroatoms. The molecule has 0 aromatic carbocycles. The van der Waals surface area contributed by atoms with E-state index < -0.39 is 7.38 Å². The van der Waals surface area contributed by atoms with Gasteiger partial charge in [-0.3, -0.25) is 0 Å². The summed E-state index contributed by atoms with van der Waals surface area (Å²) >= 11 is 6.40. The first-order chi connectivity index (χ1) is 20.6. The number of hydrogen-bond acceptors (Lipinski definition) is 1. The van der Waals surface area contributed by atoms with Crippen molar-refractivity contribution in [3.8, 4) is 0 Å². The molecule has 0 saturated carbocycles. The highest BCUT2D eigenvalue weighted by atomic mass is 35.6. The van der Waals surface area contributed by atoms with E-state index in [2.05, 4.69) is 13.1 Å². The SMILES string of the molecule is C[Si](C)(Cl)CCCCCCCCCCCCCCCCCCCCCCCCCCCCCCCCCCCCCN. The Kier molecular flexibility index (Phi) is 36.3. The summed E-state index contributed by atoms with van der Waals surface area (Å²) in [7, 11) is -1.31. The summed E-state index contributed by atoms with van der Waals surface area (Å²) < 4.78 is 0. The van der Waals surface area contributed by atoms with E-state index in [0.29, 0.717) is 0 Å². The second-order valence-electron chi connectivity index (χ2n) is 14.6. The van der Waals surface area contributed by atoms with Crippen LogP contribution in [0.25, 0.3) is 0 Å². The van der Waals surface area contributed by atoms with E-state index >= 15 is 0 Å². The third kappa shape index (κ3) is 40.5. The fourth-order valence-electron chi connectivity index (χ4n) is 6.52. The standard InChI is InChI=1S/C39H82ClNSi/c1-42(2,40)39-37-35-33-31-29-27-25-23-21-19-17-15-13-11-9-7-5-3-4-6-8-10-12-14-16-18-20-22-24-26-28-30-32-34-36-38-41/h3-39,41H2,1-2H3. The normalized spacial score (nSPS) is 12.0. The third-order valence-electron chi connectivity index (χ3n) is 9.48. The van der Waals surface area contributed by atoms with Crippen LogP contribution in [-0.2, 0) is 0 Å². The predicted octanol–water partition coefficient (Wildman–Crippen LogP) is 15.0. The lowest BCUT2D eigenvalue weighted by Gasteiger charge is -2.11. The van der Waals surface area contributed by atoms with Gasteiger partial charge in [-0.25, -0.2) is 0 Å². The first-order valence-electron chi connectivity index (χ1n) is 20.0. The molecule has 42 heavy (non-hydrogen) atoms. The van der Waals surface area contributed by atoms with Crippen LogP contribution in [0.3, 0.4) is 0 Å². The maximum Gasteiger partial charge on any atom is 0.150 e. The van der Waals surface area contributed by atoms with Crippen LogP contribution >= 0.6 is 11.1 Å². The van der Waals surface area contributed by atoms with E-state index in [9.17, 15) is 0 Å². The van der Waals surface area contributed by atoms with Gasteiger partial charge in [0.05, 0.1) is 0 Å². The summed E-state index contributed by atoms with van der Waals surface area (Å²) in [5.41, 5.74) is 5.55. The topological polar surface area (TPSA) is 26.0 Å². The summed E-state index contributed by atoms with van der Waals surface area (Å²) in [6.45, 7) is 5.42. The van der Waals surface area contributed by atoms with Gasteiger partial charge < -0.3 is 5.73 Å². The molecule has 1 nitrogen and oxygen atoms in total. The minimum Gasteiger partial charge on any atom is -0.330 e. The van der Waals surface area contributed by atoms with E-state index in [-0.39, 0.29) is 0 Å². The molecule has 0 aliphatic heterocycles. The summed E-state index contributed by atoms with van der Waals surface area (Å²) in [6.07, 6.45) is 50.9. The molecule has 0 heterocycles. The third-order valence-corrected chi connectivity index (χ3v) is 11.6. The Morgan fingerprint density at radius 1 is 0.286 bits per heavy atom. The van der Waals surface area contributed by atoms with Gasteiger partial charge in [-0.15, -0.1) is 0 Å². The Balaban J connectivity index is 3.04. The van der Waals surface area contributed by atoms with E-state index in [4.69, 9.17) is 16.8 Å². The maximum absolute atomic E-state index is 6.40. The molecule has 0 radical (unpaired) electrons. The van der Waals surface area contributed by atoms with Crippen LogP contribution in [0.4, 0.5) is 0 Å². The van der Waals surface area contributed by atoms with Gasteiger partial charge in [0.2, 0.25) is 0 Å². The molecule has 0 aromatic rings. The monoisotopic (exact) mass is 628 g/mol. The Labute approximate surface area is 273 Å². The molecule has 0 spiro atoms. The van der Waals surface area contributed by atoms with Crippen LogP contribution in [0.2, 0.25) is 19.1 Å². The van der Waals surface area contributed by atoms with Crippen molar-refractivity contribution < 1.29 is 0 Å². The van der Waals surface area contributed by atoms with Gasteiger partial charge in [0.1, 0.15) is 7.38 Å². The molecular weight excluding hydrogens is 546 g/mol. The quantitative estimate of drug-likeness (QED) is 0.0414. The number of unbranched alkanes of at least 4 members (excludes halogenated alkanes) is 34. The second kappa shape index (κ2) is 35.9. The summed E-state index contributed by atoms with van der Waals surface area (Å²) in [5.74, 6) is 0. The molecule has 0 fully saturated rings. The molecule has 0 saturated heterocycles. The van der Waals surface area contributed by atoms with E-state index in [0.717, 1.165) is 6.54 Å². The van der Waals surface area contributed by atoms with Crippen molar-refractivity contribution in [3.05, 3.63) is 0 Å². The Morgan fingerprint density at radius 3 is 0.571 bits per heavy atom. The molecule has 0 amide bonds. The lowest BCUT2D eigenvalue weighted by atomic mass is 10.0. The molecule has 0 rings (SSSR count). The van der Waals surface area contributed by atoms with Crippen molar-refractivity contribution in [2.75, 3.05) is 6.54 Å². The van der Waals surface area contributed by atoms with Gasteiger partial charge in [0.15, 0.2) is 0 Å². The largest absolute Gasteiger partial charge is 0.330 e. The van der Waals surface area contributed by atoms with Crippen molar-refractivity contribution >= 4 is 18.5 Å². The van der Waals surface area contributed by atoms with Crippen LogP contribution in [0.5, 0.6) is 0 Å². The molecule has 0 aliphatic rings. The summed E-state index contributed by atoms with van der Waals surface area (Å²) in [6, 6.07) is 1.30. The fraction of sp³-hybridized carbons (Fsp3) is 1.00. The molecule has 0 atom stereocenters. The molecule has 0 aliphatic carbocycles. The molecule has 0 unspecified atom stereocenters. The molecule has 0 bridgehead atoms. The van der Waals surface area contributed by atoms with Gasteiger partial charge >= 0.3 is 0 Å².